The van der Waals surface area contributed by atoms with Crippen molar-refractivity contribution < 1.29 is 4.74 Å². The smallest absolute Gasteiger partial charge is 0.137 e. The number of para-hydroxylation sites is 1. The lowest BCUT2D eigenvalue weighted by molar-refractivity contribution is 0.325. The van der Waals surface area contributed by atoms with Crippen molar-refractivity contribution in [1.82, 2.24) is 9.97 Å². The molecule has 0 radical (unpaired) electrons. The maximum absolute atomic E-state index is 5.98. The van der Waals surface area contributed by atoms with E-state index in [-0.39, 0.29) is 0 Å². The minimum atomic E-state index is 0.487. The average Bonchev–Trinajstić information content (AvgIpc) is 2.43. The van der Waals surface area contributed by atoms with E-state index >= 15 is 0 Å². The molecule has 1 heterocycles. The summed E-state index contributed by atoms with van der Waals surface area (Å²) in [6.07, 6.45) is 1.47. The number of aromatic nitrogens is 2. The Kier molecular flexibility index (Phi) is 4.58. The molecule has 1 aromatic carbocycles. The minimum Gasteiger partial charge on any atom is -0.492 e. The SMILES string of the molecule is Cc1c(Cl)ncnc1N(C)CCOc1ccccc1. The first-order valence-corrected chi connectivity index (χ1v) is 6.42. The van der Waals surface area contributed by atoms with E-state index in [4.69, 9.17) is 16.3 Å². The summed E-state index contributed by atoms with van der Waals surface area (Å²) in [5.41, 5.74) is 0.881. The van der Waals surface area contributed by atoms with Crippen molar-refractivity contribution in [3.8, 4) is 5.75 Å². The van der Waals surface area contributed by atoms with Crippen molar-refractivity contribution in [1.29, 1.82) is 0 Å². The van der Waals surface area contributed by atoms with Crippen molar-refractivity contribution in [2.45, 2.75) is 6.92 Å². The fourth-order valence-electron chi connectivity index (χ4n) is 1.73. The summed E-state index contributed by atoms with van der Waals surface area (Å²) >= 11 is 5.98. The molecule has 100 valence electrons. The Labute approximate surface area is 118 Å². The number of likely N-dealkylation sites (N-methyl/N-ethyl adjacent to an activating group) is 1. The van der Waals surface area contributed by atoms with Gasteiger partial charge in [-0.15, -0.1) is 0 Å². The summed E-state index contributed by atoms with van der Waals surface area (Å²) in [6.45, 7) is 3.22. The molecule has 1 aromatic heterocycles. The van der Waals surface area contributed by atoms with Crippen LogP contribution in [0, 0.1) is 6.92 Å². The molecule has 2 rings (SSSR count). The Hall–Kier alpha value is -1.81. The lowest BCUT2D eigenvalue weighted by Gasteiger charge is -2.20. The molecule has 0 N–H and O–H groups in total. The molecular weight excluding hydrogens is 262 g/mol. The summed E-state index contributed by atoms with van der Waals surface area (Å²) in [5, 5.41) is 0.487. The fourth-order valence-corrected chi connectivity index (χ4v) is 1.86. The second-order valence-electron chi connectivity index (χ2n) is 4.20. The van der Waals surface area contributed by atoms with Gasteiger partial charge in [0.05, 0.1) is 6.54 Å². The third-order valence-corrected chi connectivity index (χ3v) is 3.18. The van der Waals surface area contributed by atoms with Gasteiger partial charge < -0.3 is 9.64 Å². The third-order valence-electron chi connectivity index (χ3n) is 2.80. The molecule has 4 nitrogen and oxygen atoms in total. The van der Waals surface area contributed by atoms with Crippen LogP contribution in [-0.4, -0.2) is 30.2 Å². The Morgan fingerprint density at radius 2 is 1.95 bits per heavy atom. The largest absolute Gasteiger partial charge is 0.492 e. The van der Waals surface area contributed by atoms with Gasteiger partial charge in [0.1, 0.15) is 29.7 Å². The quantitative estimate of drug-likeness (QED) is 0.788. The van der Waals surface area contributed by atoms with Gasteiger partial charge in [0.15, 0.2) is 0 Å². The highest BCUT2D eigenvalue weighted by molar-refractivity contribution is 6.30. The predicted octanol–water partition coefficient (Wildman–Crippen LogP) is 2.95. The summed E-state index contributed by atoms with van der Waals surface area (Å²) in [5.74, 6) is 1.70. The second-order valence-corrected chi connectivity index (χ2v) is 4.55. The van der Waals surface area contributed by atoms with Crippen LogP contribution in [0.15, 0.2) is 36.7 Å². The highest BCUT2D eigenvalue weighted by Gasteiger charge is 2.09. The van der Waals surface area contributed by atoms with Gasteiger partial charge in [0.2, 0.25) is 0 Å². The van der Waals surface area contributed by atoms with Crippen molar-refractivity contribution in [2.75, 3.05) is 25.1 Å². The highest BCUT2D eigenvalue weighted by atomic mass is 35.5. The normalized spacial score (nSPS) is 10.3. The molecule has 0 spiro atoms. The highest BCUT2D eigenvalue weighted by Crippen LogP contribution is 2.20. The van der Waals surface area contributed by atoms with Crippen LogP contribution in [0.1, 0.15) is 5.56 Å². The van der Waals surface area contributed by atoms with Crippen molar-refractivity contribution in [3.63, 3.8) is 0 Å². The average molecular weight is 278 g/mol. The van der Waals surface area contributed by atoms with Gasteiger partial charge in [-0.1, -0.05) is 29.8 Å². The monoisotopic (exact) mass is 277 g/mol. The van der Waals surface area contributed by atoms with Crippen LogP contribution >= 0.6 is 11.6 Å². The summed E-state index contributed by atoms with van der Waals surface area (Å²) < 4.78 is 5.65. The molecule has 0 unspecified atom stereocenters. The number of halogens is 1. The number of hydrogen-bond acceptors (Lipinski definition) is 4. The molecule has 2 aromatic rings. The number of ether oxygens (including phenoxy) is 1. The van der Waals surface area contributed by atoms with E-state index in [9.17, 15) is 0 Å². The van der Waals surface area contributed by atoms with Crippen molar-refractivity contribution in [3.05, 3.63) is 47.4 Å². The third kappa shape index (κ3) is 3.58. The van der Waals surface area contributed by atoms with Crippen LogP contribution < -0.4 is 9.64 Å². The van der Waals surface area contributed by atoms with Crippen LogP contribution in [-0.2, 0) is 0 Å². The zero-order valence-electron chi connectivity index (χ0n) is 11.0. The van der Waals surface area contributed by atoms with E-state index in [0.717, 1.165) is 23.7 Å². The van der Waals surface area contributed by atoms with Gasteiger partial charge in [0, 0.05) is 12.6 Å². The summed E-state index contributed by atoms with van der Waals surface area (Å²) in [4.78, 5) is 10.2. The number of nitrogens with zero attached hydrogens (tertiary/aromatic N) is 3. The van der Waals surface area contributed by atoms with Gasteiger partial charge in [-0.05, 0) is 19.1 Å². The van der Waals surface area contributed by atoms with Crippen LogP contribution in [0.4, 0.5) is 5.82 Å². The van der Waals surface area contributed by atoms with E-state index in [2.05, 4.69) is 9.97 Å². The first-order valence-electron chi connectivity index (χ1n) is 6.04. The molecule has 0 aliphatic heterocycles. The molecule has 0 aliphatic rings. The molecule has 0 amide bonds. The second kappa shape index (κ2) is 6.38. The Bertz CT molecular complexity index is 533. The first kappa shape index (κ1) is 13.6. The van der Waals surface area contributed by atoms with E-state index in [0.29, 0.717) is 11.8 Å². The molecule has 19 heavy (non-hydrogen) atoms. The Balaban J connectivity index is 1.91. The summed E-state index contributed by atoms with van der Waals surface area (Å²) in [7, 11) is 1.96. The van der Waals surface area contributed by atoms with Gasteiger partial charge >= 0.3 is 0 Å². The predicted molar refractivity (Wildman–Crippen MR) is 77.0 cm³/mol. The van der Waals surface area contributed by atoms with E-state index in [1.807, 2.05) is 49.2 Å². The van der Waals surface area contributed by atoms with Crippen molar-refractivity contribution >= 4 is 17.4 Å². The van der Waals surface area contributed by atoms with Gasteiger partial charge in [-0.3, -0.25) is 0 Å². The number of anilines is 1. The van der Waals surface area contributed by atoms with Crippen LogP contribution in [0.5, 0.6) is 5.75 Å². The molecule has 0 bridgehead atoms. The lowest BCUT2D eigenvalue weighted by atomic mass is 10.3. The zero-order valence-corrected chi connectivity index (χ0v) is 11.8. The zero-order chi connectivity index (χ0) is 13.7. The molecule has 5 heteroatoms. The molecule has 0 saturated heterocycles. The molecule has 0 saturated carbocycles. The summed E-state index contributed by atoms with van der Waals surface area (Å²) in [6, 6.07) is 9.74. The van der Waals surface area contributed by atoms with Crippen LogP contribution in [0.25, 0.3) is 0 Å². The van der Waals surface area contributed by atoms with Crippen LogP contribution in [0.2, 0.25) is 5.15 Å². The Morgan fingerprint density at radius 3 is 2.68 bits per heavy atom. The maximum atomic E-state index is 5.98. The van der Waals surface area contributed by atoms with Crippen LogP contribution in [0.3, 0.4) is 0 Å². The first-order chi connectivity index (χ1) is 9.18. The Morgan fingerprint density at radius 1 is 1.21 bits per heavy atom. The van der Waals surface area contributed by atoms with E-state index in [1.54, 1.807) is 0 Å². The van der Waals surface area contributed by atoms with Gasteiger partial charge in [0.25, 0.3) is 0 Å². The van der Waals surface area contributed by atoms with Gasteiger partial charge in [-0.25, -0.2) is 9.97 Å². The van der Waals surface area contributed by atoms with Gasteiger partial charge in [-0.2, -0.15) is 0 Å². The number of benzene rings is 1. The standard InChI is InChI=1S/C14H16ClN3O/c1-11-13(15)16-10-17-14(11)18(2)8-9-19-12-6-4-3-5-7-12/h3-7,10H,8-9H2,1-2H3. The lowest BCUT2D eigenvalue weighted by Crippen LogP contribution is -2.25. The maximum Gasteiger partial charge on any atom is 0.137 e. The molecule has 0 fully saturated rings. The van der Waals surface area contributed by atoms with E-state index in [1.165, 1.54) is 6.33 Å². The number of rotatable bonds is 5. The number of hydrogen-bond donors (Lipinski definition) is 0. The molecular formula is C14H16ClN3O. The topological polar surface area (TPSA) is 38.2 Å². The van der Waals surface area contributed by atoms with Crippen molar-refractivity contribution in [2.24, 2.45) is 0 Å². The molecule has 0 aliphatic carbocycles. The molecule has 0 atom stereocenters. The van der Waals surface area contributed by atoms with E-state index < -0.39 is 0 Å². The minimum absolute atomic E-state index is 0.487. The fraction of sp³-hybridized carbons (Fsp3) is 0.286.